The normalized spacial score (nSPS) is 17.6. The summed E-state index contributed by atoms with van der Waals surface area (Å²) in [7, 11) is 1.37. The van der Waals surface area contributed by atoms with Crippen LogP contribution in [0.4, 0.5) is 31.1 Å². The molecule has 4 nitrogen and oxygen atoms in total. The first-order chi connectivity index (χ1) is 14.9. The van der Waals surface area contributed by atoms with Crippen LogP contribution in [0.1, 0.15) is 27.5 Å². The molecule has 0 N–H and O–H groups in total. The molecule has 11 heteroatoms. The standard InChI is InChI=1S/C21H14F6N2O2S/c1-28-18(30)17(32-19(28)31)14-3-2-4-16-13(14)7-8-29(16)10-11-5-6-12(20(22,23)24)9-15(11)21(25,26)27/h2-9,17H,10H2,1H3. The zero-order valence-corrected chi connectivity index (χ0v) is 17.1. The van der Waals surface area contributed by atoms with Crippen LogP contribution in [0.3, 0.4) is 0 Å². The lowest BCUT2D eigenvalue weighted by molar-refractivity contribution is -0.143. The summed E-state index contributed by atoms with van der Waals surface area (Å²) in [6.45, 7) is -0.329. The summed E-state index contributed by atoms with van der Waals surface area (Å²) in [5, 5.41) is -0.609. The first-order valence-electron chi connectivity index (χ1n) is 9.21. The number of hydrogen-bond acceptors (Lipinski definition) is 3. The van der Waals surface area contributed by atoms with Gasteiger partial charge in [0.1, 0.15) is 5.25 Å². The van der Waals surface area contributed by atoms with Gasteiger partial charge in [-0.15, -0.1) is 0 Å². The van der Waals surface area contributed by atoms with Gasteiger partial charge in [-0.3, -0.25) is 14.5 Å². The Labute approximate surface area is 181 Å². The summed E-state index contributed by atoms with van der Waals surface area (Å²) < 4.78 is 80.7. The minimum Gasteiger partial charge on any atom is -0.343 e. The maximum absolute atomic E-state index is 13.5. The third-order valence-corrected chi connectivity index (χ3v) is 6.43. The minimum absolute atomic E-state index is 0.113. The third-order valence-electron chi connectivity index (χ3n) is 5.26. The predicted molar refractivity (Wildman–Crippen MR) is 106 cm³/mol. The molecule has 0 spiro atoms. The van der Waals surface area contributed by atoms with Crippen LogP contribution < -0.4 is 0 Å². The van der Waals surface area contributed by atoms with Gasteiger partial charge in [0.25, 0.3) is 5.24 Å². The lowest BCUT2D eigenvalue weighted by Gasteiger charge is -2.17. The maximum Gasteiger partial charge on any atom is 0.416 e. The summed E-state index contributed by atoms with van der Waals surface area (Å²) in [6, 6.07) is 8.07. The Bertz CT molecular complexity index is 1230. The zero-order valence-electron chi connectivity index (χ0n) is 16.3. The second kappa shape index (κ2) is 7.58. The van der Waals surface area contributed by atoms with E-state index in [1.165, 1.54) is 17.8 Å². The molecule has 2 aromatic carbocycles. The Morgan fingerprint density at radius 3 is 2.28 bits per heavy atom. The van der Waals surface area contributed by atoms with E-state index in [-0.39, 0.29) is 18.2 Å². The van der Waals surface area contributed by atoms with Crippen LogP contribution in [0.2, 0.25) is 0 Å². The van der Waals surface area contributed by atoms with Crippen molar-refractivity contribution in [2.45, 2.75) is 24.1 Å². The number of thioether (sulfide) groups is 1. The highest BCUT2D eigenvalue weighted by atomic mass is 32.2. The molecule has 1 fully saturated rings. The van der Waals surface area contributed by atoms with Gasteiger partial charge in [0.05, 0.1) is 11.1 Å². The van der Waals surface area contributed by atoms with E-state index in [2.05, 4.69) is 0 Å². The number of imide groups is 1. The van der Waals surface area contributed by atoms with E-state index >= 15 is 0 Å². The predicted octanol–water partition coefficient (Wildman–Crippen LogP) is 6.09. The van der Waals surface area contributed by atoms with Crippen LogP contribution in [0.25, 0.3) is 10.9 Å². The molecule has 0 saturated carbocycles. The first kappa shape index (κ1) is 22.3. The van der Waals surface area contributed by atoms with E-state index in [1.54, 1.807) is 24.3 Å². The Morgan fingerprint density at radius 2 is 1.69 bits per heavy atom. The number of hydrogen-bond donors (Lipinski definition) is 0. The number of fused-ring (bicyclic) bond motifs is 1. The molecule has 1 aromatic heterocycles. The van der Waals surface area contributed by atoms with E-state index in [9.17, 15) is 35.9 Å². The van der Waals surface area contributed by atoms with Crippen molar-refractivity contribution in [2.75, 3.05) is 7.05 Å². The highest BCUT2D eigenvalue weighted by Gasteiger charge is 2.40. The van der Waals surface area contributed by atoms with Crippen molar-refractivity contribution < 1.29 is 35.9 Å². The smallest absolute Gasteiger partial charge is 0.343 e. The molecule has 1 unspecified atom stereocenters. The van der Waals surface area contributed by atoms with E-state index in [0.29, 0.717) is 22.5 Å². The number of amides is 2. The van der Waals surface area contributed by atoms with Crippen molar-refractivity contribution in [3.05, 3.63) is 70.9 Å². The van der Waals surface area contributed by atoms with Gasteiger partial charge < -0.3 is 4.57 Å². The number of benzene rings is 2. The summed E-state index contributed by atoms with van der Waals surface area (Å²) in [4.78, 5) is 25.2. The van der Waals surface area contributed by atoms with Crippen LogP contribution in [-0.4, -0.2) is 27.7 Å². The van der Waals surface area contributed by atoms with Crippen LogP contribution >= 0.6 is 11.8 Å². The fourth-order valence-electron chi connectivity index (χ4n) is 3.64. The first-order valence-corrected chi connectivity index (χ1v) is 10.1. The fraction of sp³-hybridized carbons (Fsp3) is 0.238. The molecule has 3 aromatic rings. The van der Waals surface area contributed by atoms with Gasteiger partial charge in [-0.25, -0.2) is 0 Å². The van der Waals surface area contributed by atoms with Gasteiger partial charge in [0, 0.05) is 30.7 Å². The average molecular weight is 472 g/mol. The van der Waals surface area contributed by atoms with Crippen molar-refractivity contribution in [3.8, 4) is 0 Å². The quantitative estimate of drug-likeness (QED) is 0.433. The van der Waals surface area contributed by atoms with Gasteiger partial charge in [-0.1, -0.05) is 18.2 Å². The summed E-state index contributed by atoms with van der Waals surface area (Å²) in [5.74, 6) is -0.401. The molecule has 2 amide bonds. The number of nitrogens with zero attached hydrogens (tertiary/aromatic N) is 2. The lowest BCUT2D eigenvalue weighted by atomic mass is 10.0. The van der Waals surface area contributed by atoms with Gasteiger partial charge in [-0.05, 0) is 47.2 Å². The number of rotatable bonds is 3. The highest BCUT2D eigenvalue weighted by molar-refractivity contribution is 8.15. The van der Waals surface area contributed by atoms with Crippen molar-refractivity contribution in [2.24, 2.45) is 0 Å². The number of likely N-dealkylation sites (N-methyl/N-ethyl adjacent to an activating group) is 1. The van der Waals surface area contributed by atoms with Gasteiger partial charge in [0.15, 0.2) is 0 Å². The largest absolute Gasteiger partial charge is 0.416 e. The number of carbonyl (C=O) groups excluding carboxylic acids is 2. The van der Waals surface area contributed by atoms with E-state index in [4.69, 9.17) is 0 Å². The van der Waals surface area contributed by atoms with Crippen LogP contribution in [-0.2, 0) is 23.7 Å². The summed E-state index contributed by atoms with van der Waals surface area (Å²) in [5.41, 5.74) is -2.03. The molecule has 1 aliphatic rings. The molecule has 0 aliphatic carbocycles. The maximum atomic E-state index is 13.5. The molecule has 0 bridgehead atoms. The monoisotopic (exact) mass is 472 g/mol. The molecule has 0 radical (unpaired) electrons. The summed E-state index contributed by atoms with van der Waals surface area (Å²) in [6.07, 6.45) is -8.37. The van der Waals surface area contributed by atoms with Crippen molar-refractivity contribution in [1.82, 2.24) is 9.47 Å². The molecular weight excluding hydrogens is 458 g/mol. The Kier molecular flexibility index (Phi) is 5.27. The highest BCUT2D eigenvalue weighted by Crippen LogP contribution is 2.42. The molecule has 2 heterocycles. The second-order valence-corrected chi connectivity index (χ2v) is 8.31. The minimum atomic E-state index is -4.97. The number of carbonyl (C=O) groups is 2. The van der Waals surface area contributed by atoms with Gasteiger partial charge >= 0.3 is 12.4 Å². The Morgan fingerprint density at radius 1 is 0.969 bits per heavy atom. The molecule has 4 rings (SSSR count). The van der Waals surface area contributed by atoms with Gasteiger partial charge in [0.2, 0.25) is 5.91 Å². The molecule has 1 saturated heterocycles. The van der Waals surface area contributed by atoms with Crippen molar-refractivity contribution >= 4 is 33.8 Å². The van der Waals surface area contributed by atoms with Crippen LogP contribution in [0.5, 0.6) is 0 Å². The average Bonchev–Trinajstić information content (AvgIpc) is 3.23. The number of alkyl halides is 6. The molecule has 168 valence electrons. The fourth-order valence-corrected chi connectivity index (χ4v) is 4.69. The second-order valence-electron chi connectivity index (χ2n) is 7.25. The van der Waals surface area contributed by atoms with E-state index in [0.717, 1.165) is 22.7 Å². The number of aromatic nitrogens is 1. The van der Waals surface area contributed by atoms with Gasteiger partial charge in [-0.2, -0.15) is 26.3 Å². The van der Waals surface area contributed by atoms with Crippen LogP contribution in [0, 0.1) is 0 Å². The topological polar surface area (TPSA) is 42.3 Å². The van der Waals surface area contributed by atoms with E-state index in [1.807, 2.05) is 0 Å². The Hall–Kier alpha value is -2.95. The lowest BCUT2D eigenvalue weighted by Crippen LogP contribution is -2.24. The van der Waals surface area contributed by atoms with Crippen LogP contribution in [0.15, 0.2) is 48.7 Å². The molecule has 32 heavy (non-hydrogen) atoms. The van der Waals surface area contributed by atoms with Crippen molar-refractivity contribution in [3.63, 3.8) is 0 Å². The van der Waals surface area contributed by atoms with Crippen molar-refractivity contribution in [1.29, 1.82) is 0 Å². The third kappa shape index (κ3) is 3.85. The Balaban J connectivity index is 1.75. The molecular formula is C21H14F6N2O2S. The summed E-state index contributed by atoms with van der Waals surface area (Å²) >= 11 is 0.846. The molecule has 1 aliphatic heterocycles. The molecule has 1 atom stereocenters. The SMILES string of the molecule is CN1C(=O)SC(c2cccc3c2ccn3Cc2ccc(C(F)(F)F)cc2C(F)(F)F)C1=O. The zero-order chi connectivity index (χ0) is 23.4. The van der Waals surface area contributed by atoms with E-state index < -0.39 is 39.9 Å². The number of halogens is 6.